The molecule has 1 aromatic rings. The highest BCUT2D eigenvalue weighted by Gasteiger charge is 1.95. The number of nitrogens with one attached hydrogen (secondary N) is 1. The molecule has 0 aromatic heterocycles. The molecule has 0 spiro atoms. The number of rotatable bonds is 6. The Balaban J connectivity index is 0.000000459. The van der Waals surface area contributed by atoms with E-state index >= 15 is 0 Å². The van der Waals surface area contributed by atoms with Gasteiger partial charge in [0.25, 0.3) is 0 Å². The Kier molecular flexibility index (Phi) is 9.97. The van der Waals surface area contributed by atoms with Gasteiger partial charge >= 0.3 is 0 Å². The summed E-state index contributed by atoms with van der Waals surface area (Å²) in [5, 5.41) is 3.29. The smallest absolute Gasteiger partial charge is 0.0184 e. The van der Waals surface area contributed by atoms with E-state index < -0.39 is 0 Å². The minimum atomic E-state index is 0.852. The van der Waals surface area contributed by atoms with Crippen LogP contribution in [0.5, 0.6) is 0 Å². The van der Waals surface area contributed by atoms with Crippen LogP contribution in [0.3, 0.4) is 0 Å². The van der Waals surface area contributed by atoms with Gasteiger partial charge in [-0.25, -0.2) is 0 Å². The van der Waals surface area contributed by atoms with Crippen molar-refractivity contribution in [2.24, 2.45) is 11.8 Å². The summed E-state index contributed by atoms with van der Waals surface area (Å²) < 4.78 is 0. The number of hydrogen-bond acceptors (Lipinski definition) is 1. The predicted molar refractivity (Wildman–Crippen MR) is 87.3 cm³/mol. The molecular formula is C18H31N. The summed E-state index contributed by atoms with van der Waals surface area (Å²) in [4.78, 5) is 0. The number of hydrogen-bond donors (Lipinski definition) is 1. The molecule has 1 nitrogen and oxygen atoms in total. The summed E-state index contributed by atoms with van der Waals surface area (Å²) in [6.45, 7) is 15.9. The van der Waals surface area contributed by atoms with Gasteiger partial charge in [0, 0.05) is 12.2 Å². The standard InChI is InChI=1S/C12H17N.C6H14/c1-3-11(2)13-10-9-12-7-5-4-6-8-12;1-5(2)6(3)4/h4-8,13H,2-3,9-10H2,1H3;5-6H,1-4H3. The van der Waals surface area contributed by atoms with Gasteiger partial charge in [-0.1, -0.05) is 71.5 Å². The average Bonchev–Trinajstić information content (AvgIpc) is 2.40. The highest BCUT2D eigenvalue weighted by Crippen LogP contribution is 2.05. The molecule has 0 aliphatic carbocycles. The van der Waals surface area contributed by atoms with Gasteiger partial charge in [-0.2, -0.15) is 0 Å². The van der Waals surface area contributed by atoms with E-state index in [-0.39, 0.29) is 0 Å². The first-order valence-corrected chi connectivity index (χ1v) is 7.42. The predicted octanol–water partition coefficient (Wildman–Crippen LogP) is 5.04. The van der Waals surface area contributed by atoms with Crippen molar-refractivity contribution in [2.45, 2.75) is 47.5 Å². The molecule has 1 rings (SSSR count). The molecule has 0 aliphatic rings. The lowest BCUT2D eigenvalue weighted by Crippen LogP contribution is -2.15. The fourth-order valence-electron chi connectivity index (χ4n) is 1.15. The lowest BCUT2D eigenvalue weighted by atomic mass is 10.0. The molecule has 0 saturated heterocycles. The summed E-state index contributed by atoms with van der Waals surface area (Å²) in [5.74, 6) is 1.70. The van der Waals surface area contributed by atoms with E-state index in [0.29, 0.717) is 0 Å². The fourth-order valence-corrected chi connectivity index (χ4v) is 1.15. The Morgan fingerprint density at radius 3 is 2.00 bits per heavy atom. The van der Waals surface area contributed by atoms with Crippen molar-refractivity contribution in [3.05, 3.63) is 48.2 Å². The zero-order valence-electron chi connectivity index (χ0n) is 13.4. The molecular weight excluding hydrogens is 230 g/mol. The van der Waals surface area contributed by atoms with Crippen LogP contribution in [0.4, 0.5) is 0 Å². The third-order valence-corrected chi connectivity index (χ3v) is 3.39. The minimum Gasteiger partial charge on any atom is -0.388 e. The van der Waals surface area contributed by atoms with E-state index in [9.17, 15) is 0 Å². The van der Waals surface area contributed by atoms with E-state index in [0.717, 1.165) is 36.9 Å². The van der Waals surface area contributed by atoms with E-state index in [1.165, 1.54) is 5.56 Å². The van der Waals surface area contributed by atoms with Crippen molar-refractivity contribution in [1.29, 1.82) is 0 Å². The maximum absolute atomic E-state index is 3.89. The van der Waals surface area contributed by atoms with Crippen LogP contribution in [-0.2, 0) is 6.42 Å². The second kappa shape index (κ2) is 10.7. The Bertz CT molecular complexity index is 319. The lowest BCUT2D eigenvalue weighted by molar-refractivity contribution is 0.457. The molecule has 0 amide bonds. The molecule has 19 heavy (non-hydrogen) atoms. The van der Waals surface area contributed by atoms with Crippen LogP contribution in [0.2, 0.25) is 0 Å². The molecule has 0 atom stereocenters. The Morgan fingerprint density at radius 2 is 1.58 bits per heavy atom. The fraction of sp³-hybridized carbons (Fsp3) is 0.556. The van der Waals surface area contributed by atoms with Crippen LogP contribution < -0.4 is 5.32 Å². The summed E-state index contributed by atoms with van der Waals surface area (Å²) in [5.41, 5.74) is 2.50. The molecule has 108 valence electrons. The SMILES string of the molecule is C=C(CC)NCCc1ccccc1.CC(C)C(C)C. The quantitative estimate of drug-likeness (QED) is 0.756. The van der Waals surface area contributed by atoms with E-state index in [1.807, 2.05) is 6.07 Å². The normalized spacial score (nSPS) is 10.1. The maximum atomic E-state index is 3.89. The van der Waals surface area contributed by atoms with Crippen LogP contribution in [0, 0.1) is 11.8 Å². The topological polar surface area (TPSA) is 12.0 Å². The second-order valence-corrected chi connectivity index (χ2v) is 5.61. The molecule has 0 heterocycles. The minimum absolute atomic E-state index is 0.852. The average molecular weight is 261 g/mol. The van der Waals surface area contributed by atoms with Crippen molar-refractivity contribution in [2.75, 3.05) is 6.54 Å². The van der Waals surface area contributed by atoms with E-state index in [1.54, 1.807) is 0 Å². The van der Waals surface area contributed by atoms with E-state index in [4.69, 9.17) is 0 Å². The van der Waals surface area contributed by atoms with Crippen molar-refractivity contribution in [3.8, 4) is 0 Å². The number of allylic oxidation sites excluding steroid dienone is 1. The van der Waals surface area contributed by atoms with Gasteiger partial charge in [-0.15, -0.1) is 0 Å². The first-order valence-electron chi connectivity index (χ1n) is 7.42. The van der Waals surface area contributed by atoms with Crippen molar-refractivity contribution in [1.82, 2.24) is 5.32 Å². The molecule has 0 aliphatic heterocycles. The third-order valence-electron chi connectivity index (χ3n) is 3.39. The van der Waals surface area contributed by atoms with Gasteiger partial charge in [0.05, 0.1) is 0 Å². The summed E-state index contributed by atoms with van der Waals surface area (Å²) in [6, 6.07) is 10.5. The molecule has 0 unspecified atom stereocenters. The first-order chi connectivity index (χ1) is 8.97. The number of benzene rings is 1. The lowest BCUT2D eigenvalue weighted by Gasteiger charge is -2.06. The monoisotopic (exact) mass is 261 g/mol. The zero-order valence-corrected chi connectivity index (χ0v) is 13.4. The van der Waals surface area contributed by atoms with E-state index in [2.05, 4.69) is 70.8 Å². The van der Waals surface area contributed by atoms with Crippen LogP contribution in [0.25, 0.3) is 0 Å². The summed E-state index contributed by atoms with van der Waals surface area (Å²) in [7, 11) is 0. The van der Waals surface area contributed by atoms with Gasteiger partial charge < -0.3 is 5.32 Å². The van der Waals surface area contributed by atoms with Crippen LogP contribution in [0.15, 0.2) is 42.6 Å². The van der Waals surface area contributed by atoms with Crippen LogP contribution in [-0.4, -0.2) is 6.54 Å². The Morgan fingerprint density at radius 1 is 1.05 bits per heavy atom. The Labute approximate surface area is 120 Å². The van der Waals surface area contributed by atoms with Gasteiger partial charge in [0.1, 0.15) is 0 Å². The molecule has 0 radical (unpaired) electrons. The van der Waals surface area contributed by atoms with Crippen molar-refractivity contribution in [3.63, 3.8) is 0 Å². The van der Waals surface area contributed by atoms with Crippen molar-refractivity contribution < 1.29 is 0 Å². The third kappa shape index (κ3) is 10.4. The molecule has 0 bridgehead atoms. The Hall–Kier alpha value is -1.24. The van der Waals surface area contributed by atoms with Crippen LogP contribution >= 0.6 is 0 Å². The summed E-state index contributed by atoms with van der Waals surface area (Å²) in [6.07, 6.45) is 2.08. The molecule has 0 saturated carbocycles. The van der Waals surface area contributed by atoms with Gasteiger partial charge in [-0.3, -0.25) is 0 Å². The van der Waals surface area contributed by atoms with Gasteiger partial charge in [-0.05, 0) is 30.2 Å². The summed E-state index contributed by atoms with van der Waals surface area (Å²) >= 11 is 0. The first kappa shape index (κ1) is 17.8. The molecule has 1 N–H and O–H groups in total. The molecule has 0 fully saturated rings. The van der Waals surface area contributed by atoms with Gasteiger partial charge in [0.2, 0.25) is 0 Å². The molecule has 1 aromatic carbocycles. The van der Waals surface area contributed by atoms with Gasteiger partial charge in [0.15, 0.2) is 0 Å². The zero-order chi connectivity index (χ0) is 14.7. The second-order valence-electron chi connectivity index (χ2n) is 5.61. The largest absolute Gasteiger partial charge is 0.388 e. The highest BCUT2D eigenvalue weighted by molar-refractivity contribution is 5.15. The van der Waals surface area contributed by atoms with Crippen LogP contribution in [0.1, 0.15) is 46.6 Å². The highest BCUT2D eigenvalue weighted by atomic mass is 14.9. The maximum Gasteiger partial charge on any atom is 0.0184 e. The molecule has 1 heteroatoms. The van der Waals surface area contributed by atoms with Crippen molar-refractivity contribution >= 4 is 0 Å².